The number of carbonyl (C=O) groups is 1. The third-order valence-electron chi connectivity index (χ3n) is 3.99. The molecule has 2 N–H and O–H groups in total. The second kappa shape index (κ2) is 6.44. The molecule has 0 saturated heterocycles. The number of amides is 1. The van der Waals surface area contributed by atoms with Crippen molar-refractivity contribution in [2.45, 2.75) is 36.6 Å². The molecule has 19 heavy (non-hydrogen) atoms. The molecule has 1 aromatic carbocycles. The molecule has 0 radical (unpaired) electrons. The van der Waals surface area contributed by atoms with E-state index >= 15 is 0 Å². The van der Waals surface area contributed by atoms with Gasteiger partial charge in [-0.15, -0.1) is 0 Å². The van der Waals surface area contributed by atoms with E-state index in [1.165, 1.54) is 12.8 Å². The molecular weight excluding hydrogens is 256 g/mol. The van der Waals surface area contributed by atoms with Crippen LogP contribution in [0, 0.1) is 0 Å². The van der Waals surface area contributed by atoms with Gasteiger partial charge in [-0.05, 0) is 24.7 Å². The number of benzene rings is 1. The van der Waals surface area contributed by atoms with Crippen molar-refractivity contribution >= 4 is 17.7 Å². The van der Waals surface area contributed by atoms with Crippen LogP contribution >= 0.6 is 11.8 Å². The Kier molecular flexibility index (Phi) is 4.88. The van der Waals surface area contributed by atoms with E-state index in [9.17, 15) is 4.79 Å². The Morgan fingerprint density at radius 3 is 2.68 bits per heavy atom. The van der Waals surface area contributed by atoms with Crippen LogP contribution in [0.4, 0.5) is 0 Å². The van der Waals surface area contributed by atoms with E-state index in [-0.39, 0.29) is 5.91 Å². The van der Waals surface area contributed by atoms with Crippen LogP contribution in [0.2, 0.25) is 0 Å². The number of likely N-dealkylation sites (N-methyl/N-ethyl adjacent to an activating group) is 1. The number of nitrogens with two attached hydrogens (primary N) is 1. The van der Waals surface area contributed by atoms with Crippen LogP contribution in [0.25, 0.3) is 0 Å². The highest BCUT2D eigenvalue weighted by atomic mass is 32.2. The van der Waals surface area contributed by atoms with Crippen molar-refractivity contribution in [2.24, 2.45) is 5.73 Å². The molecule has 3 nitrogen and oxygen atoms in total. The summed E-state index contributed by atoms with van der Waals surface area (Å²) in [4.78, 5) is 14.4. The molecule has 1 fully saturated rings. The number of carbonyl (C=O) groups excluding carboxylic acids is 1. The average Bonchev–Trinajstić information content (AvgIpc) is 2.94. The molecule has 0 heterocycles. The number of thioether (sulfide) groups is 1. The molecule has 1 aromatic rings. The van der Waals surface area contributed by atoms with Gasteiger partial charge in [0, 0.05) is 18.3 Å². The Balaban J connectivity index is 2.07. The number of hydrogen-bond donors (Lipinski definition) is 1. The van der Waals surface area contributed by atoms with Crippen molar-refractivity contribution in [3.8, 4) is 0 Å². The summed E-state index contributed by atoms with van der Waals surface area (Å²) >= 11 is 1.86. The molecular formula is C15H22N2OS. The van der Waals surface area contributed by atoms with E-state index in [1.807, 2.05) is 54.0 Å². The van der Waals surface area contributed by atoms with Crippen LogP contribution in [0.3, 0.4) is 0 Å². The smallest absolute Gasteiger partial charge is 0.244 e. The molecule has 3 atom stereocenters. The Morgan fingerprint density at radius 1 is 1.37 bits per heavy atom. The van der Waals surface area contributed by atoms with Gasteiger partial charge in [0.1, 0.15) is 6.04 Å². The quantitative estimate of drug-likeness (QED) is 0.920. The zero-order valence-electron chi connectivity index (χ0n) is 11.6. The summed E-state index contributed by atoms with van der Waals surface area (Å²) < 4.78 is 0. The van der Waals surface area contributed by atoms with Crippen LogP contribution in [-0.2, 0) is 4.79 Å². The lowest BCUT2D eigenvalue weighted by molar-refractivity contribution is -0.133. The van der Waals surface area contributed by atoms with Gasteiger partial charge in [0.2, 0.25) is 5.91 Å². The van der Waals surface area contributed by atoms with Gasteiger partial charge in [-0.25, -0.2) is 0 Å². The molecule has 0 bridgehead atoms. The first-order valence-corrected chi connectivity index (χ1v) is 8.04. The zero-order valence-corrected chi connectivity index (χ0v) is 12.4. The highest BCUT2D eigenvalue weighted by molar-refractivity contribution is 7.99. The topological polar surface area (TPSA) is 46.3 Å². The van der Waals surface area contributed by atoms with Crippen LogP contribution in [-0.4, -0.2) is 35.4 Å². The first-order valence-electron chi connectivity index (χ1n) is 6.75. The SMILES string of the molecule is CS[C@@H]1CCC[C@@H]1N(C)C(=O)[C@H](N)c1ccccc1. The predicted octanol–water partition coefficient (Wildman–Crippen LogP) is 2.43. The van der Waals surface area contributed by atoms with Crippen molar-refractivity contribution < 1.29 is 4.79 Å². The van der Waals surface area contributed by atoms with Crippen molar-refractivity contribution in [3.63, 3.8) is 0 Å². The summed E-state index contributed by atoms with van der Waals surface area (Å²) in [5, 5.41) is 0.553. The van der Waals surface area contributed by atoms with Gasteiger partial charge >= 0.3 is 0 Å². The standard InChI is InChI=1S/C15H22N2OS/c1-17(12-9-6-10-13(12)19-2)15(18)14(16)11-7-4-3-5-8-11/h3-5,7-8,12-14H,6,9-10,16H2,1-2H3/t12-,13+,14+/m0/s1. The van der Waals surface area contributed by atoms with E-state index in [2.05, 4.69) is 6.26 Å². The van der Waals surface area contributed by atoms with E-state index in [4.69, 9.17) is 5.73 Å². The summed E-state index contributed by atoms with van der Waals surface area (Å²) in [6.07, 6.45) is 5.62. The second-order valence-electron chi connectivity index (χ2n) is 5.11. The fourth-order valence-electron chi connectivity index (χ4n) is 2.81. The lowest BCUT2D eigenvalue weighted by Gasteiger charge is -2.31. The number of hydrogen-bond acceptors (Lipinski definition) is 3. The van der Waals surface area contributed by atoms with Gasteiger partial charge < -0.3 is 10.6 Å². The molecule has 4 heteroatoms. The van der Waals surface area contributed by atoms with E-state index in [1.54, 1.807) is 0 Å². The largest absolute Gasteiger partial charge is 0.340 e. The molecule has 0 aromatic heterocycles. The summed E-state index contributed by atoms with van der Waals surface area (Å²) in [6, 6.07) is 9.39. The minimum absolute atomic E-state index is 0.0251. The predicted molar refractivity (Wildman–Crippen MR) is 81.1 cm³/mol. The third-order valence-corrected chi connectivity index (χ3v) is 5.15. The van der Waals surface area contributed by atoms with E-state index in [0.29, 0.717) is 11.3 Å². The molecule has 0 aliphatic heterocycles. The fraction of sp³-hybridized carbons (Fsp3) is 0.533. The molecule has 1 aliphatic rings. The Labute approximate surface area is 119 Å². The van der Waals surface area contributed by atoms with Crippen LogP contribution in [0.15, 0.2) is 30.3 Å². The Hall–Kier alpha value is -1.00. The maximum Gasteiger partial charge on any atom is 0.244 e. The Bertz CT molecular complexity index is 423. The van der Waals surface area contributed by atoms with Gasteiger partial charge in [0.05, 0.1) is 0 Å². The molecule has 1 aliphatic carbocycles. The van der Waals surface area contributed by atoms with Crippen molar-refractivity contribution in [1.29, 1.82) is 0 Å². The number of rotatable bonds is 4. The summed E-state index contributed by atoms with van der Waals surface area (Å²) in [7, 11) is 1.89. The van der Waals surface area contributed by atoms with Crippen molar-refractivity contribution in [1.82, 2.24) is 4.90 Å². The van der Waals surface area contributed by atoms with Crippen molar-refractivity contribution in [2.75, 3.05) is 13.3 Å². The second-order valence-corrected chi connectivity index (χ2v) is 6.19. The van der Waals surface area contributed by atoms with Crippen molar-refractivity contribution in [3.05, 3.63) is 35.9 Å². The third kappa shape index (κ3) is 3.12. The minimum atomic E-state index is -0.547. The molecule has 1 amide bonds. The van der Waals surface area contributed by atoms with Gasteiger partial charge in [-0.2, -0.15) is 11.8 Å². The number of nitrogens with zero attached hydrogens (tertiary/aromatic N) is 1. The normalized spacial score (nSPS) is 24.2. The maximum absolute atomic E-state index is 12.5. The van der Waals surface area contributed by atoms with Gasteiger partial charge in [-0.1, -0.05) is 36.8 Å². The molecule has 0 spiro atoms. The highest BCUT2D eigenvalue weighted by Gasteiger charge is 2.34. The fourth-order valence-corrected chi connectivity index (χ4v) is 3.85. The average molecular weight is 278 g/mol. The van der Waals surface area contributed by atoms with Gasteiger partial charge in [-0.3, -0.25) is 4.79 Å². The van der Waals surface area contributed by atoms with Gasteiger partial charge in [0.25, 0.3) is 0 Å². The lowest BCUT2D eigenvalue weighted by atomic mass is 10.1. The summed E-state index contributed by atoms with van der Waals surface area (Å²) in [6.45, 7) is 0. The molecule has 104 valence electrons. The van der Waals surface area contributed by atoms with E-state index < -0.39 is 6.04 Å². The van der Waals surface area contributed by atoms with Crippen LogP contribution in [0.5, 0.6) is 0 Å². The van der Waals surface area contributed by atoms with Crippen LogP contribution < -0.4 is 5.73 Å². The zero-order chi connectivity index (χ0) is 13.8. The molecule has 1 saturated carbocycles. The molecule has 2 rings (SSSR count). The first-order chi connectivity index (χ1) is 9.15. The lowest BCUT2D eigenvalue weighted by Crippen LogP contribution is -2.44. The highest BCUT2D eigenvalue weighted by Crippen LogP contribution is 2.32. The monoisotopic (exact) mass is 278 g/mol. The minimum Gasteiger partial charge on any atom is -0.340 e. The van der Waals surface area contributed by atoms with Gasteiger partial charge in [0.15, 0.2) is 0 Å². The summed E-state index contributed by atoms with van der Waals surface area (Å²) in [5.41, 5.74) is 6.98. The Morgan fingerprint density at radius 2 is 2.05 bits per heavy atom. The van der Waals surface area contributed by atoms with Crippen LogP contribution in [0.1, 0.15) is 30.9 Å². The van der Waals surface area contributed by atoms with E-state index in [0.717, 1.165) is 12.0 Å². The summed E-state index contributed by atoms with van der Waals surface area (Å²) in [5.74, 6) is 0.0251. The first kappa shape index (κ1) is 14.4. The molecule has 0 unspecified atom stereocenters. The maximum atomic E-state index is 12.5.